The molecule has 3 aromatic rings. The van der Waals surface area contributed by atoms with Crippen LogP contribution in [0, 0.1) is 5.92 Å². The maximum Gasteiger partial charge on any atom is 0.241 e. The predicted molar refractivity (Wildman–Crippen MR) is 140 cm³/mol. The molecule has 0 radical (unpaired) electrons. The Bertz CT molecular complexity index is 1160. The van der Waals surface area contributed by atoms with Gasteiger partial charge in [-0.25, -0.2) is 0 Å². The molecule has 36 heavy (non-hydrogen) atoms. The summed E-state index contributed by atoms with van der Waals surface area (Å²) in [5, 5.41) is 7.86. The summed E-state index contributed by atoms with van der Waals surface area (Å²) >= 11 is 6.26. The molecule has 0 aliphatic carbocycles. The Hall–Kier alpha value is -2.74. The first-order valence-corrected chi connectivity index (χ1v) is 13.4. The molecule has 1 unspecified atom stereocenters. The molecule has 2 aromatic carbocycles. The number of benzene rings is 2. The lowest BCUT2D eigenvalue weighted by atomic mass is 9.97. The van der Waals surface area contributed by atoms with Gasteiger partial charge in [-0.1, -0.05) is 59.6 Å². The Morgan fingerprint density at radius 3 is 2.64 bits per heavy atom. The maximum absolute atomic E-state index is 13.0. The van der Waals surface area contributed by atoms with Crippen LogP contribution in [0.25, 0.3) is 11.4 Å². The second-order valence-electron chi connectivity index (χ2n) is 9.94. The van der Waals surface area contributed by atoms with Gasteiger partial charge < -0.3 is 9.84 Å². The topological polar surface area (TPSA) is 74.5 Å². The third-order valence-electron chi connectivity index (χ3n) is 7.13. The second kappa shape index (κ2) is 12.0. The highest BCUT2D eigenvalue weighted by atomic mass is 35.5. The monoisotopic (exact) mass is 507 g/mol. The van der Waals surface area contributed by atoms with Gasteiger partial charge in [-0.2, -0.15) is 4.98 Å². The minimum atomic E-state index is -0.0405. The Labute approximate surface area is 217 Å². The van der Waals surface area contributed by atoms with E-state index in [1.807, 2.05) is 24.3 Å². The molecule has 5 rings (SSSR count). The van der Waals surface area contributed by atoms with Crippen molar-refractivity contribution in [3.63, 3.8) is 0 Å². The van der Waals surface area contributed by atoms with Gasteiger partial charge in [-0.15, -0.1) is 0 Å². The van der Waals surface area contributed by atoms with Gasteiger partial charge in [-0.3, -0.25) is 14.6 Å². The Morgan fingerprint density at radius 2 is 1.78 bits per heavy atom. The van der Waals surface area contributed by atoms with E-state index in [-0.39, 0.29) is 11.8 Å². The first kappa shape index (κ1) is 24.9. The highest BCUT2D eigenvalue weighted by molar-refractivity contribution is 6.33. The van der Waals surface area contributed by atoms with E-state index in [1.165, 1.54) is 37.9 Å². The summed E-state index contributed by atoms with van der Waals surface area (Å²) in [7, 11) is 0. The van der Waals surface area contributed by atoms with Crippen molar-refractivity contribution in [1.82, 2.24) is 25.3 Å². The first-order valence-electron chi connectivity index (χ1n) is 13.0. The van der Waals surface area contributed by atoms with Crippen LogP contribution in [0.4, 0.5) is 0 Å². The number of carbonyl (C=O) groups is 1. The average molecular weight is 508 g/mol. The lowest BCUT2D eigenvalue weighted by molar-refractivity contribution is -0.127. The molecule has 190 valence electrons. The van der Waals surface area contributed by atoms with Crippen molar-refractivity contribution in [2.45, 2.75) is 51.7 Å². The second-order valence-corrected chi connectivity index (χ2v) is 10.3. The lowest BCUT2D eigenvalue weighted by Gasteiger charge is -2.30. The summed E-state index contributed by atoms with van der Waals surface area (Å²) < 4.78 is 5.48. The molecule has 1 atom stereocenters. The Kier molecular flexibility index (Phi) is 8.31. The molecule has 2 fully saturated rings. The normalized spacial score (nSPS) is 19.3. The summed E-state index contributed by atoms with van der Waals surface area (Å²) in [6.07, 6.45) is 5.80. The summed E-state index contributed by atoms with van der Waals surface area (Å²) in [6.45, 7) is 6.05. The predicted octanol–water partition coefficient (Wildman–Crippen LogP) is 4.90. The van der Waals surface area contributed by atoms with E-state index >= 15 is 0 Å². The number of hydrogen-bond acceptors (Lipinski definition) is 6. The molecule has 3 heterocycles. The molecule has 1 aromatic heterocycles. The summed E-state index contributed by atoms with van der Waals surface area (Å²) in [5.74, 6) is 1.10. The van der Waals surface area contributed by atoms with Crippen LogP contribution in [-0.4, -0.2) is 52.0 Å². The fourth-order valence-electron chi connectivity index (χ4n) is 5.22. The molecule has 0 bridgehead atoms. The van der Waals surface area contributed by atoms with Crippen molar-refractivity contribution in [2.24, 2.45) is 5.92 Å². The van der Waals surface area contributed by atoms with Gasteiger partial charge >= 0.3 is 0 Å². The van der Waals surface area contributed by atoms with Crippen molar-refractivity contribution in [3.8, 4) is 11.4 Å². The number of halogens is 1. The van der Waals surface area contributed by atoms with E-state index < -0.39 is 0 Å². The summed E-state index contributed by atoms with van der Waals surface area (Å²) in [6, 6.07) is 16.1. The number of amides is 1. The summed E-state index contributed by atoms with van der Waals surface area (Å²) in [4.78, 5) is 22.3. The number of likely N-dealkylation sites (tertiary alicyclic amines) is 2. The number of piperidine rings is 2. The van der Waals surface area contributed by atoms with Crippen LogP contribution in [0.1, 0.15) is 49.1 Å². The third-order valence-corrected chi connectivity index (χ3v) is 7.46. The molecule has 1 amide bonds. The molecular formula is C28H34ClN5O2. The Morgan fingerprint density at radius 1 is 0.972 bits per heavy atom. The molecule has 0 spiro atoms. The summed E-state index contributed by atoms with van der Waals surface area (Å²) in [5.41, 5.74) is 3.23. The molecular weight excluding hydrogens is 474 g/mol. The van der Waals surface area contributed by atoms with Crippen molar-refractivity contribution in [1.29, 1.82) is 0 Å². The highest BCUT2D eigenvalue weighted by Crippen LogP contribution is 2.26. The van der Waals surface area contributed by atoms with E-state index in [0.717, 1.165) is 37.1 Å². The molecule has 7 nitrogen and oxygen atoms in total. The van der Waals surface area contributed by atoms with Crippen LogP contribution < -0.4 is 5.32 Å². The van der Waals surface area contributed by atoms with E-state index in [2.05, 4.69) is 49.5 Å². The van der Waals surface area contributed by atoms with Gasteiger partial charge in [0, 0.05) is 25.2 Å². The van der Waals surface area contributed by atoms with Crippen molar-refractivity contribution >= 4 is 17.5 Å². The number of hydrogen-bond donors (Lipinski definition) is 1. The van der Waals surface area contributed by atoms with Crippen molar-refractivity contribution in [3.05, 3.63) is 70.6 Å². The molecule has 8 heteroatoms. The van der Waals surface area contributed by atoms with E-state index in [0.29, 0.717) is 36.4 Å². The standard InChI is InChI=1S/C28H34ClN5O2/c29-25-12-3-2-11-24(25)27-31-26(36-32-27)20-34-15-7-10-23(19-34)28(35)30-17-21-8-6-9-22(16-21)18-33-13-4-1-5-14-33/h2-3,6,8-9,11-12,16,23H,1,4-5,7,10,13-15,17-20H2,(H,30,35). The maximum atomic E-state index is 13.0. The quantitative estimate of drug-likeness (QED) is 0.467. The minimum absolute atomic E-state index is 0.0405. The van der Waals surface area contributed by atoms with E-state index in [1.54, 1.807) is 0 Å². The minimum Gasteiger partial charge on any atom is -0.352 e. The van der Waals surface area contributed by atoms with Gasteiger partial charge in [-0.05, 0) is 68.6 Å². The zero-order valence-electron chi connectivity index (χ0n) is 20.7. The third kappa shape index (κ3) is 6.52. The van der Waals surface area contributed by atoms with Crippen LogP contribution in [0.5, 0.6) is 0 Å². The number of aromatic nitrogens is 2. The fourth-order valence-corrected chi connectivity index (χ4v) is 5.44. The average Bonchev–Trinajstić information content (AvgIpc) is 3.36. The van der Waals surface area contributed by atoms with Gasteiger partial charge in [0.1, 0.15) is 0 Å². The van der Waals surface area contributed by atoms with Crippen LogP contribution in [0.2, 0.25) is 5.02 Å². The van der Waals surface area contributed by atoms with Crippen LogP contribution in [-0.2, 0) is 24.4 Å². The largest absolute Gasteiger partial charge is 0.352 e. The van der Waals surface area contributed by atoms with E-state index in [4.69, 9.17) is 16.1 Å². The molecule has 2 saturated heterocycles. The molecule has 2 aliphatic heterocycles. The lowest BCUT2D eigenvalue weighted by Crippen LogP contribution is -2.42. The van der Waals surface area contributed by atoms with Crippen molar-refractivity contribution < 1.29 is 9.32 Å². The molecule has 2 aliphatic rings. The van der Waals surface area contributed by atoms with Gasteiger partial charge in [0.05, 0.1) is 17.5 Å². The first-order chi connectivity index (χ1) is 17.6. The zero-order valence-corrected chi connectivity index (χ0v) is 21.4. The van der Waals surface area contributed by atoms with Gasteiger partial charge in [0.2, 0.25) is 17.6 Å². The molecule has 0 saturated carbocycles. The zero-order chi connectivity index (χ0) is 24.7. The van der Waals surface area contributed by atoms with Gasteiger partial charge in [0.25, 0.3) is 0 Å². The smallest absolute Gasteiger partial charge is 0.241 e. The van der Waals surface area contributed by atoms with Crippen LogP contribution >= 0.6 is 11.6 Å². The number of nitrogens with zero attached hydrogens (tertiary/aromatic N) is 4. The molecule has 1 N–H and O–H groups in total. The van der Waals surface area contributed by atoms with E-state index in [9.17, 15) is 4.79 Å². The number of nitrogens with one attached hydrogen (secondary N) is 1. The highest BCUT2D eigenvalue weighted by Gasteiger charge is 2.27. The van der Waals surface area contributed by atoms with Crippen molar-refractivity contribution in [2.75, 3.05) is 26.2 Å². The SMILES string of the molecule is O=C(NCc1cccc(CN2CCCCC2)c1)C1CCCN(Cc2nc(-c3ccccc3Cl)no2)C1. The Balaban J connectivity index is 1.12. The number of rotatable bonds is 8. The van der Waals surface area contributed by atoms with Crippen LogP contribution in [0.15, 0.2) is 53.1 Å². The fraction of sp³-hybridized carbons (Fsp3) is 0.464. The van der Waals surface area contributed by atoms with Crippen LogP contribution in [0.3, 0.4) is 0 Å². The van der Waals surface area contributed by atoms with Gasteiger partial charge in [0.15, 0.2) is 0 Å². The number of carbonyl (C=O) groups excluding carboxylic acids is 1.